The van der Waals surface area contributed by atoms with Crippen LogP contribution in [-0.4, -0.2) is 100 Å². The van der Waals surface area contributed by atoms with Crippen molar-refractivity contribution in [3.05, 3.63) is 47.5 Å². The molecule has 2 aromatic rings. The molecule has 0 radical (unpaired) electrons. The largest absolute Gasteiger partial charge is 0.504 e. The van der Waals surface area contributed by atoms with Gasteiger partial charge in [-0.05, 0) is 60.1 Å². The van der Waals surface area contributed by atoms with Gasteiger partial charge in [0.25, 0.3) is 0 Å². The van der Waals surface area contributed by atoms with E-state index >= 15 is 0 Å². The molecule has 0 amide bonds. The molecular weight excluding hydrogens is 488 g/mol. The maximum atomic E-state index is 10.4. The summed E-state index contributed by atoms with van der Waals surface area (Å²) in [4.78, 5) is 0. The molecule has 11 nitrogen and oxygen atoms in total. The summed E-state index contributed by atoms with van der Waals surface area (Å²) in [5.74, 6) is -0.160. The molecule has 0 spiro atoms. The van der Waals surface area contributed by atoms with Crippen LogP contribution >= 0.6 is 0 Å². The van der Waals surface area contributed by atoms with E-state index in [2.05, 4.69) is 0 Å². The summed E-state index contributed by atoms with van der Waals surface area (Å²) in [6, 6.07) is 9.80. The highest BCUT2D eigenvalue weighted by Crippen LogP contribution is 2.32. The Labute approximate surface area is 215 Å². The van der Waals surface area contributed by atoms with Crippen molar-refractivity contribution in [3.63, 3.8) is 0 Å². The second-order valence-electron chi connectivity index (χ2n) is 9.15. The van der Waals surface area contributed by atoms with Crippen LogP contribution in [0.1, 0.15) is 11.1 Å². The van der Waals surface area contributed by atoms with E-state index in [-0.39, 0.29) is 42.3 Å². The van der Waals surface area contributed by atoms with Crippen LogP contribution in [0.4, 0.5) is 0 Å². The van der Waals surface area contributed by atoms with E-state index in [1.165, 1.54) is 26.4 Å². The van der Waals surface area contributed by atoms with Gasteiger partial charge in [-0.2, -0.15) is 0 Å². The lowest BCUT2D eigenvalue weighted by Gasteiger charge is -2.40. The Hall–Kier alpha value is -2.64. The third-order valence-electron chi connectivity index (χ3n) is 6.71. The maximum Gasteiger partial charge on any atom is 0.186 e. The minimum atomic E-state index is -1.58. The highest BCUT2D eigenvalue weighted by molar-refractivity contribution is 5.43. The lowest BCUT2D eigenvalue weighted by atomic mass is 9.83. The Morgan fingerprint density at radius 1 is 0.784 bits per heavy atom. The summed E-state index contributed by atoms with van der Waals surface area (Å²) in [7, 11) is 2.88. The number of hydrogen-bond acceptors (Lipinski definition) is 11. The molecule has 3 rings (SSSR count). The second kappa shape index (κ2) is 13.2. The smallest absolute Gasteiger partial charge is 0.186 e. The van der Waals surface area contributed by atoms with Crippen LogP contribution in [0.5, 0.6) is 23.0 Å². The van der Waals surface area contributed by atoms with Gasteiger partial charge in [0.1, 0.15) is 24.4 Å². The molecule has 7 N–H and O–H groups in total. The van der Waals surface area contributed by atoms with Gasteiger partial charge in [0.2, 0.25) is 0 Å². The number of phenolic OH excluding ortho intramolecular Hbond substituents is 2. The van der Waals surface area contributed by atoms with E-state index in [0.29, 0.717) is 18.6 Å². The standard InChI is InChI=1S/C26H36O11/c1-34-20-9-14(3-5-18(20)29)7-16(11-27)17(8-15-4-6-19(30)21(10-15)35-2)13-36-26-25(33)24(32)23(31)22(12-28)37-26/h3-6,9-10,16-17,22-33H,7-8,11-13H2,1-2H3/t16?,17?,22-,23-,24+,25-,26-/m1/s1. The number of aliphatic hydroxyl groups is 5. The molecule has 0 bridgehead atoms. The zero-order valence-corrected chi connectivity index (χ0v) is 20.8. The van der Waals surface area contributed by atoms with Gasteiger partial charge in [0.05, 0.1) is 27.4 Å². The van der Waals surface area contributed by atoms with Crippen LogP contribution in [0.15, 0.2) is 36.4 Å². The van der Waals surface area contributed by atoms with Gasteiger partial charge >= 0.3 is 0 Å². The molecule has 0 saturated carbocycles. The van der Waals surface area contributed by atoms with Crippen LogP contribution in [0.2, 0.25) is 0 Å². The highest BCUT2D eigenvalue weighted by atomic mass is 16.7. The van der Waals surface area contributed by atoms with E-state index in [0.717, 1.165) is 11.1 Å². The average Bonchev–Trinajstić information content (AvgIpc) is 2.91. The van der Waals surface area contributed by atoms with Crippen LogP contribution in [0, 0.1) is 11.8 Å². The molecule has 2 aromatic carbocycles. The number of rotatable bonds is 12. The predicted molar refractivity (Wildman–Crippen MR) is 131 cm³/mol. The lowest BCUT2D eigenvalue weighted by molar-refractivity contribution is -0.304. The molecule has 1 aliphatic heterocycles. The summed E-state index contributed by atoms with van der Waals surface area (Å²) in [6.45, 7) is -0.822. The van der Waals surface area contributed by atoms with Gasteiger partial charge in [-0.25, -0.2) is 0 Å². The van der Waals surface area contributed by atoms with E-state index in [9.17, 15) is 35.7 Å². The Kier molecular flexibility index (Phi) is 10.4. The van der Waals surface area contributed by atoms with Gasteiger partial charge < -0.3 is 54.7 Å². The average molecular weight is 525 g/mol. The molecule has 1 saturated heterocycles. The molecule has 11 heteroatoms. The first kappa shape index (κ1) is 28.9. The fourth-order valence-corrected chi connectivity index (χ4v) is 4.47. The predicted octanol–water partition coefficient (Wildman–Crippen LogP) is -0.0586. The maximum absolute atomic E-state index is 10.4. The minimum Gasteiger partial charge on any atom is -0.504 e. The number of aliphatic hydroxyl groups excluding tert-OH is 5. The van der Waals surface area contributed by atoms with Crippen molar-refractivity contribution in [2.45, 2.75) is 43.5 Å². The molecule has 1 fully saturated rings. The number of phenols is 2. The van der Waals surface area contributed by atoms with Crippen LogP contribution in [0.25, 0.3) is 0 Å². The Bertz CT molecular complexity index is 998. The number of ether oxygens (including phenoxy) is 4. The van der Waals surface area contributed by atoms with Crippen molar-refractivity contribution >= 4 is 0 Å². The van der Waals surface area contributed by atoms with Crippen molar-refractivity contribution in [1.82, 2.24) is 0 Å². The number of benzene rings is 2. The van der Waals surface area contributed by atoms with Gasteiger partial charge in [-0.1, -0.05) is 12.1 Å². The molecule has 1 heterocycles. The monoisotopic (exact) mass is 524 g/mol. The SMILES string of the molecule is COc1cc(CC(CO)C(CO[C@@H]2O[C@H](CO)[C@@H](O)[C@H](O)[C@H]2O)Cc2ccc(O)c(OC)c2)ccc1O. The zero-order chi connectivity index (χ0) is 27.1. The van der Waals surface area contributed by atoms with Gasteiger partial charge in [0.15, 0.2) is 29.3 Å². The van der Waals surface area contributed by atoms with E-state index < -0.39 is 37.3 Å². The second-order valence-corrected chi connectivity index (χ2v) is 9.15. The third-order valence-corrected chi connectivity index (χ3v) is 6.71. The van der Waals surface area contributed by atoms with Gasteiger partial charge in [-0.15, -0.1) is 0 Å². The highest BCUT2D eigenvalue weighted by Gasteiger charge is 2.44. The van der Waals surface area contributed by atoms with E-state index in [1.54, 1.807) is 24.3 Å². The normalized spacial score (nSPS) is 25.4. The van der Waals surface area contributed by atoms with Crippen LogP contribution < -0.4 is 9.47 Å². The summed E-state index contributed by atoms with van der Waals surface area (Å²) in [5, 5.41) is 70.1. The van der Waals surface area contributed by atoms with E-state index in [4.69, 9.17) is 18.9 Å². The van der Waals surface area contributed by atoms with Crippen molar-refractivity contribution < 1.29 is 54.7 Å². The third kappa shape index (κ3) is 7.02. The van der Waals surface area contributed by atoms with E-state index in [1.807, 2.05) is 0 Å². The first-order chi connectivity index (χ1) is 17.7. The molecule has 2 unspecified atom stereocenters. The van der Waals surface area contributed by atoms with Gasteiger partial charge in [0, 0.05) is 6.61 Å². The first-order valence-corrected chi connectivity index (χ1v) is 12.0. The molecular formula is C26H36O11. The summed E-state index contributed by atoms with van der Waals surface area (Å²) in [6.07, 6.45) is -6.29. The Morgan fingerprint density at radius 2 is 1.32 bits per heavy atom. The lowest BCUT2D eigenvalue weighted by Crippen LogP contribution is -2.59. The molecule has 1 aliphatic rings. The van der Waals surface area contributed by atoms with Crippen molar-refractivity contribution in [2.75, 3.05) is 34.0 Å². The fraction of sp³-hybridized carbons (Fsp3) is 0.538. The quantitative estimate of drug-likeness (QED) is 0.198. The first-order valence-electron chi connectivity index (χ1n) is 12.0. The van der Waals surface area contributed by atoms with Gasteiger partial charge in [-0.3, -0.25) is 0 Å². The molecule has 7 atom stereocenters. The van der Waals surface area contributed by atoms with Crippen LogP contribution in [-0.2, 0) is 22.3 Å². The summed E-state index contributed by atoms with van der Waals surface area (Å²) >= 11 is 0. The summed E-state index contributed by atoms with van der Waals surface area (Å²) in [5.41, 5.74) is 1.59. The van der Waals surface area contributed by atoms with Crippen molar-refractivity contribution in [3.8, 4) is 23.0 Å². The molecule has 206 valence electrons. The van der Waals surface area contributed by atoms with Crippen molar-refractivity contribution in [1.29, 1.82) is 0 Å². The minimum absolute atomic E-state index is 0.00881. The number of methoxy groups -OCH3 is 2. The zero-order valence-electron chi connectivity index (χ0n) is 20.8. The Morgan fingerprint density at radius 3 is 1.81 bits per heavy atom. The number of aromatic hydroxyl groups is 2. The van der Waals surface area contributed by atoms with Crippen LogP contribution in [0.3, 0.4) is 0 Å². The fourth-order valence-electron chi connectivity index (χ4n) is 4.47. The molecule has 37 heavy (non-hydrogen) atoms. The summed E-state index contributed by atoms with van der Waals surface area (Å²) < 4.78 is 21.7. The Balaban J connectivity index is 1.83. The molecule has 0 aliphatic carbocycles. The van der Waals surface area contributed by atoms with Crippen molar-refractivity contribution in [2.24, 2.45) is 11.8 Å². The number of hydrogen-bond donors (Lipinski definition) is 7. The topological polar surface area (TPSA) is 179 Å². The molecule has 0 aromatic heterocycles.